The number of para-hydroxylation sites is 2. The lowest BCUT2D eigenvalue weighted by atomic mass is 10.0. The number of carbonyl (C=O) groups is 1. The molecule has 3 rings (SSSR count). The number of aliphatic hydroxyl groups excluding tert-OH is 1. The van der Waals surface area contributed by atoms with Gasteiger partial charge in [0.15, 0.2) is 0 Å². The lowest BCUT2D eigenvalue weighted by Gasteiger charge is -2.37. The van der Waals surface area contributed by atoms with Gasteiger partial charge in [0.2, 0.25) is 10.0 Å². The maximum absolute atomic E-state index is 13.4. The third-order valence-corrected chi connectivity index (χ3v) is 8.29. The summed E-state index contributed by atoms with van der Waals surface area (Å²) in [5.74, 6) is 0.453. The van der Waals surface area contributed by atoms with Gasteiger partial charge in [0, 0.05) is 30.0 Å². The lowest BCUT2D eigenvalue weighted by Crippen LogP contribution is -2.50. The first-order valence-corrected chi connectivity index (χ1v) is 13.1. The minimum Gasteiger partial charge on any atom is -0.495 e. The fourth-order valence-electron chi connectivity index (χ4n) is 3.73. The molecule has 1 heterocycles. The Hall–Kier alpha value is -2.34. The second-order valence-electron chi connectivity index (χ2n) is 8.34. The van der Waals surface area contributed by atoms with Crippen LogP contribution in [-0.4, -0.2) is 74.8 Å². The van der Waals surface area contributed by atoms with E-state index in [0.717, 1.165) is 0 Å². The van der Waals surface area contributed by atoms with Crippen molar-refractivity contribution in [1.82, 2.24) is 9.21 Å². The lowest BCUT2D eigenvalue weighted by molar-refractivity contribution is 0.0829. The number of nitrogens with zero attached hydrogens (tertiary/aromatic N) is 2. The van der Waals surface area contributed by atoms with Crippen LogP contribution in [0, 0.1) is 5.92 Å². The first kappa shape index (κ1) is 26.3. The topological polar surface area (TPSA) is 108 Å². The predicted octanol–water partition coefficient (Wildman–Crippen LogP) is 3.39. The zero-order valence-electron chi connectivity index (χ0n) is 19.6. The second kappa shape index (κ2) is 10.9. The first-order chi connectivity index (χ1) is 16.1. The van der Waals surface area contributed by atoms with Crippen molar-refractivity contribution in [3.8, 4) is 11.5 Å². The van der Waals surface area contributed by atoms with Crippen LogP contribution in [0.5, 0.6) is 11.5 Å². The Morgan fingerprint density at radius 3 is 2.74 bits per heavy atom. The predicted molar refractivity (Wildman–Crippen MR) is 133 cm³/mol. The van der Waals surface area contributed by atoms with E-state index in [2.05, 4.69) is 21.2 Å². The Labute approximate surface area is 208 Å². The van der Waals surface area contributed by atoms with Gasteiger partial charge in [-0.05, 0) is 37.3 Å². The Bertz CT molecular complexity index is 1130. The largest absolute Gasteiger partial charge is 0.495 e. The van der Waals surface area contributed by atoms with E-state index in [9.17, 15) is 18.3 Å². The van der Waals surface area contributed by atoms with E-state index in [0.29, 0.717) is 15.9 Å². The molecule has 34 heavy (non-hydrogen) atoms. The van der Waals surface area contributed by atoms with Crippen LogP contribution in [0.3, 0.4) is 0 Å². The van der Waals surface area contributed by atoms with E-state index >= 15 is 0 Å². The first-order valence-electron chi connectivity index (χ1n) is 10.8. The molecule has 0 saturated carbocycles. The molecule has 1 aliphatic rings. The molecule has 186 valence electrons. The molecule has 0 spiro atoms. The standard InChI is InChI=1S/C23H30BrN3O6S/c1-15-12-27(16(2)14-28)34(30,31)22-10-9-17(24)11-20(22)33-21(15)13-26(3)23(29)25-18-7-5-6-8-19(18)32-4/h5-11,15-16,21,28H,12-14H2,1-4H3,(H,25,29)/t15-,16-,21+/m0/s1. The molecule has 0 saturated heterocycles. The molecule has 2 aromatic rings. The number of sulfonamides is 1. The van der Waals surface area contributed by atoms with Gasteiger partial charge in [-0.15, -0.1) is 0 Å². The van der Waals surface area contributed by atoms with Gasteiger partial charge in [-0.3, -0.25) is 0 Å². The van der Waals surface area contributed by atoms with Crippen LogP contribution in [-0.2, 0) is 10.0 Å². The van der Waals surface area contributed by atoms with Crippen molar-refractivity contribution >= 4 is 37.7 Å². The maximum atomic E-state index is 13.4. The normalized spacial score (nSPS) is 20.8. The number of aliphatic hydroxyl groups is 1. The quantitative estimate of drug-likeness (QED) is 0.565. The van der Waals surface area contributed by atoms with Crippen molar-refractivity contribution in [2.24, 2.45) is 5.92 Å². The van der Waals surface area contributed by atoms with Crippen molar-refractivity contribution in [2.45, 2.75) is 30.9 Å². The van der Waals surface area contributed by atoms with Gasteiger partial charge < -0.3 is 24.8 Å². The highest BCUT2D eigenvalue weighted by Crippen LogP contribution is 2.35. The van der Waals surface area contributed by atoms with E-state index in [1.165, 1.54) is 22.4 Å². The highest BCUT2D eigenvalue weighted by molar-refractivity contribution is 9.10. The number of halogens is 1. The van der Waals surface area contributed by atoms with Crippen LogP contribution in [0.4, 0.5) is 10.5 Å². The van der Waals surface area contributed by atoms with Crippen molar-refractivity contribution < 1.29 is 27.8 Å². The van der Waals surface area contributed by atoms with Gasteiger partial charge in [-0.2, -0.15) is 4.31 Å². The fraction of sp³-hybridized carbons (Fsp3) is 0.435. The Balaban J connectivity index is 1.89. The number of methoxy groups -OCH3 is 1. The van der Waals surface area contributed by atoms with Gasteiger partial charge in [0.1, 0.15) is 22.5 Å². The van der Waals surface area contributed by atoms with Gasteiger partial charge in [0.05, 0.1) is 25.9 Å². The number of rotatable bonds is 6. The van der Waals surface area contributed by atoms with Crippen LogP contribution in [0.15, 0.2) is 51.8 Å². The van der Waals surface area contributed by atoms with E-state index in [-0.39, 0.29) is 42.3 Å². The molecular weight excluding hydrogens is 526 g/mol. The molecule has 2 aromatic carbocycles. The van der Waals surface area contributed by atoms with Gasteiger partial charge in [-0.1, -0.05) is 35.0 Å². The molecule has 0 aromatic heterocycles. The fourth-order valence-corrected chi connectivity index (χ4v) is 5.89. The van der Waals surface area contributed by atoms with Crippen LogP contribution in [0.2, 0.25) is 0 Å². The summed E-state index contributed by atoms with van der Waals surface area (Å²) in [5, 5.41) is 12.5. The number of amides is 2. The highest BCUT2D eigenvalue weighted by Gasteiger charge is 2.38. The van der Waals surface area contributed by atoms with E-state index < -0.39 is 22.2 Å². The molecule has 1 aliphatic heterocycles. The van der Waals surface area contributed by atoms with Crippen LogP contribution < -0.4 is 14.8 Å². The summed E-state index contributed by atoms with van der Waals surface area (Å²) in [7, 11) is -0.725. The molecule has 0 radical (unpaired) electrons. The molecule has 0 bridgehead atoms. The molecule has 11 heteroatoms. The van der Waals surface area contributed by atoms with Gasteiger partial charge in [0.25, 0.3) is 0 Å². The van der Waals surface area contributed by atoms with Crippen molar-refractivity contribution in [2.75, 3.05) is 39.2 Å². The molecular formula is C23H30BrN3O6S. The van der Waals surface area contributed by atoms with Crippen molar-refractivity contribution in [3.05, 3.63) is 46.9 Å². The van der Waals surface area contributed by atoms with Crippen LogP contribution >= 0.6 is 15.9 Å². The number of benzene rings is 2. The average molecular weight is 556 g/mol. The molecule has 0 aliphatic carbocycles. The molecule has 3 atom stereocenters. The van der Waals surface area contributed by atoms with E-state index in [1.54, 1.807) is 44.3 Å². The number of likely N-dealkylation sites (N-methyl/N-ethyl adjacent to an activating group) is 1. The Kier molecular flexibility index (Phi) is 8.45. The summed E-state index contributed by atoms with van der Waals surface area (Å²) in [6.45, 7) is 3.55. The molecule has 9 nitrogen and oxygen atoms in total. The average Bonchev–Trinajstić information content (AvgIpc) is 2.80. The highest BCUT2D eigenvalue weighted by atomic mass is 79.9. The molecule has 0 unspecified atom stereocenters. The van der Waals surface area contributed by atoms with E-state index in [4.69, 9.17) is 9.47 Å². The number of anilines is 1. The third kappa shape index (κ3) is 5.65. The minimum atomic E-state index is -3.90. The smallest absolute Gasteiger partial charge is 0.321 e. The number of fused-ring (bicyclic) bond motifs is 1. The zero-order valence-corrected chi connectivity index (χ0v) is 22.0. The maximum Gasteiger partial charge on any atom is 0.321 e. The summed E-state index contributed by atoms with van der Waals surface area (Å²) in [6, 6.07) is 10.8. The number of hydrogen-bond acceptors (Lipinski definition) is 6. The summed E-state index contributed by atoms with van der Waals surface area (Å²) in [4.78, 5) is 14.4. The summed E-state index contributed by atoms with van der Waals surface area (Å²) in [6.07, 6.45) is -0.509. The summed E-state index contributed by atoms with van der Waals surface area (Å²) < 4.78 is 40.2. The molecule has 2 amide bonds. The number of carbonyl (C=O) groups excluding carboxylic acids is 1. The zero-order chi connectivity index (χ0) is 25.0. The molecule has 0 fully saturated rings. The van der Waals surface area contributed by atoms with Gasteiger partial charge >= 0.3 is 6.03 Å². The van der Waals surface area contributed by atoms with Crippen LogP contribution in [0.1, 0.15) is 13.8 Å². The minimum absolute atomic E-state index is 0.0222. The number of nitrogens with one attached hydrogen (secondary N) is 1. The summed E-state index contributed by atoms with van der Waals surface area (Å²) in [5.41, 5.74) is 0.539. The van der Waals surface area contributed by atoms with Gasteiger partial charge in [-0.25, -0.2) is 13.2 Å². The Morgan fingerprint density at radius 2 is 2.06 bits per heavy atom. The number of urea groups is 1. The number of ether oxygens (including phenoxy) is 2. The third-order valence-electron chi connectivity index (χ3n) is 5.78. The van der Waals surface area contributed by atoms with Crippen molar-refractivity contribution in [3.63, 3.8) is 0 Å². The van der Waals surface area contributed by atoms with E-state index in [1.807, 2.05) is 13.0 Å². The second-order valence-corrected chi connectivity index (χ2v) is 11.1. The number of hydrogen-bond donors (Lipinski definition) is 2. The monoisotopic (exact) mass is 555 g/mol. The Morgan fingerprint density at radius 1 is 1.35 bits per heavy atom. The van der Waals surface area contributed by atoms with Crippen molar-refractivity contribution in [1.29, 1.82) is 0 Å². The molecule has 2 N–H and O–H groups in total. The van der Waals surface area contributed by atoms with Crippen LogP contribution in [0.25, 0.3) is 0 Å². The summed E-state index contributed by atoms with van der Waals surface area (Å²) >= 11 is 3.38. The SMILES string of the molecule is COc1ccccc1NC(=O)N(C)C[C@H]1Oc2cc(Br)ccc2S(=O)(=O)N([C@@H](C)CO)C[C@@H]1C.